The first-order chi connectivity index (χ1) is 12.0. The number of anilines is 1. The van der Waals surface area contributed by atoms with Crippen LogP contribution in [0.5, 0.6) is 0 Å². The first-order valence-electron chi connectivity index (χ1n) is 7.55. The van der Waals surface area contributed by atoms with Gasteiger partial charge in [0.1, 0.15) is 5.69 Å². The van der Waals surface area contributed by atoms with Crippen LogP contribution in [0.15, 0.2) is 41.1 Å². The molecule has 0 aliphatic heterocycles. The average Bonchev–Trinajstić information content (AvgIpc) is 3.10. The molecule has 25 heavy (non-hydrogen) atoms. The lowest BCUT2D eigenvalue weighted by atomic mass is 10.3. The van der Waals surface area contributed by atoms with Crippen LogP contribution >= 0.6 is 0 Å². The fraction of sp³-hybridized carbons (Fsp3) is 0.250. The van der Waals surface area contributed by atoms with E-state index in [0.717, 1.165) is 0 Å². The number of carbonyl (C=O) groups excluding carboxylic acids is 1. The minimum absolute atomic E-state index is 0.196. The zero-order valence-corrected chi connectivity index (χ0v) is 14.1. The molecule has 9 heteroatoms. The molecule has 0 aromatic carbocycles. The number of pyridine rings is 1. The van der Waals surface area contributed by atoms with Gasteiger partial charge in [-0.1, -0.05) is 11.2 Å². The highest BCUT2D eigenvalue weighted by atomic mass is 16.5. The predicted octanol–water partition coefficient (Wildman–Crippen LogP) is 1.26. The van der Waals surface area contributed by atoms with Crippen molar-refractivity contribution in [3.63, 3.8) is 0 Å². The molecule has 0 saturated carbocycles. The number of amides is 1. The quantitative estimate of drug-likeness (QED) is 0.685. The maximum Gasteiger partial charge on any atom is 0.273 e. The van der Waals surface area contributed by atoms with Gasteiger partial charge >= 0.3 is 0 Å². The highest BCUT2D eigenvalue weighted by molar-refractivity contribution is 5.91. The van der Waals surface area contributed by atoms with E-state index in [9.17, 15) is 4.79 Å². The largest absolute Gasteiger partial charge is 0.349 e. The molecule has 3 rings (SSSR count). The molecule has 0 atom stereocenters. The summed E-state index contributed by atoms with van der Waals surface area (Å²) < 4.78 is 5.25. The Morgan fingerprint density at radius 1 is 1.12 bits per heavy atom. The Labute approximate surface area is 144 Å². The fourth-order valence-electron chi connectivity index (χ4n) is 2.07. The van der Waals surface area contributed by atoms with E-state index in [1.165, 1.54) is 4.90 Å². The Kier molecular flexibility index (Phi) is 4.64. The van der Waals surface area contributed by atoms with E-state index in [1.54, 1.807) is 37.3 Å². The van der Waals surface area contributed by atoms with Crippen LogP contribution in [0.2, 0.25) is 0 Å². The summed E-state index contributed by atoms with van der Waals surface area (Å²) in [5.41, 5.74) is 0.934. The lowest BCUT2D eigenvalue weighted by Crippen LogP contribution is -2.24. The first kappa shape index (κ1) is 16.5. The van der Waals surface area contributed by atoms with E-state index in [0.29, 0.717) is 29.8 Å². The van der Waals surface area contributed by atoms with Crippen molar-refractivity contribution in [1.29, 1.82) is 0 Å². The van der Waals surface area contributed by atoms with E-state index >= 15 is 0 Å². The van der Waals surface area contributed by atoms with Crippen molar-refractivity contribution in [3.8, 4) is 11.5 Å². The SMILES string of the molecule is CN(C)C(=O)c1ccc(N(C)Cc2nc(-c3ccccn3)no2)nn1. The molecular weight excluding hydrogens is 322 g/mol. The molecule has 0 aliphatic carbocycles. The van der Waals surface area contributed by atoms with Crippen LogP contribution in [0.25, 0.3) is 11.5 Å². The molecule has 3 aromatic rings. The molecule has 3 heterocycles. The van der Waals surface area contributed by atoms with Crippen molar-refractivity contribution < 1.29 is 9.32 Å². The molecule has 0 bridgehead atoms. The third-order valence-electron chi connectivity index (χ3n) is 3.40. The van der Waals surface area contributed by atoms with E-state index in [-0.39, 0.29) is 11.6 Å². The summed E-state index contributed by atoms with van der Waals surface area (Å²) in [6.45, 7) is 0.357. The summed E-state index contributed by atoms with van der Waals surface area (Å²) in [5, 5.41) is 12.0. The normalized spacial score (nSPS) is 10.5. The van der Waals surface area contributed by atoms with Crippen molar-refractivity contribution in [2.24, 2.45) is 0 Å². The Morgan fingerprint density at radius 3 is 2.60 bits per heavy atom. The van der Waals surface area contributed by atoms with Gasteiger partial charge in [0.25, 0.3) is 5.91 Å². The number of hydrogen-bond donors (Lipinski definition) is 0. The topological polar surface area (TPSA) is 101 Å². The van der Waals surface area contributed by atoms with Crippen molar-refractivity contribution in [2.75, 3.05) is 26.0 Å². The van der Waals surface area contributed by atoms with Crippen LogP contribution in [-0.2, 0) is 6.54 Å². The monoisotopic (exact) mass is 339 g/mol. The van der Waals surface area contributed by atoms with Gasteiger partial charge in [0.2, 0.25) is 11.7 Å². The predicted molar refractivity (Wildman–Crippen MR) is 89.7 cm³/mol. The van der Waals surface area contributed by atoms with Crippen LogP contribution in [0.4, 0.5) is 5.82 Å². The average molecular weight is 339 g/mol. The summed E-state index contributed by atoms with van der Waals surface area (Å²) in [4.78, 5) is 23.6. The van der Waals surface area contributed by atoms with E-state index in [2.05, 4.69) is 25.3 Å². The number of carbonyl (C=O) groups is 1. The summed E-state index contributed by atoms with van der Waals surface area (Å²) in [5.74, 6) is 1.26. The van der Waals surface area contributed by atoms with Crippen molar-refractivity contribution in [2.45, 2.75) is 6.54 Å². The Bertz CT molecular complexity index is 846. The number of nitrogens with zero attached hydrogens (tertiary/aromatic N) is 7. The third-order valence-corrected chi connectivity index (χ3v) is 3.40. The van der Waals surface area contributed by atoms with Crippen molar-refractivity contribution in [1.82, 2.24) is 30.2 Å². The Balaban J connectivity index is 1.69. The van der Waals surface area contributed by atoms with Crippen LogP contribution in [0.3, 0.4) is 0 Å². The minimum Gasteiger partial charge on any atom is -0.349 e. The van der Waals surface area contributed by atoms with Gasteiger partial charge in [-0.15, -0.1) is 10.2 Å². The molecule has 0 radical (unpaired) electrons. The molecule has 0 N–H and O–H groups in total. The lowest BCUT2D eigenvalue weighted by molar-refractivity contribution is 0.0821. The third kappa shape index (κ3) is 3.77. The fourth-order valence-corrected chi connectivity index (χ4v) is 2.07. The number of hydrogen-bond acceptors (Lipinski definition) is 8. The smallest absolute Gasteiger partial charge is 0.273 e. The van der Waals surface area contributed by atoms with Crippen LogP contribution in [0.1, 0.15) is 16.4 Å². The summed E-state index contributed by atoms with van der Waals surface area (Å²) in [6.07, 6.45) is 1.67. The van der Waals surface area contributed by atoms with Gasteiger partial charge in [0, 0.05) is 27.3 Å². The van der Waals surface area contributed by atoms with Crippen molar-refractivity contribution >= 4 is 11.7 Å². The molecule has 128 valence electrons. The maximum absolute atomic E-state index is 11.8. The first-order valence-corrected chi connectivity index (χ1v) is 7.55. The molecule has 3 aromatic heterocycles. The van der Waals surface area contributed by atoms with Crippen LogP contribution in [0, 0.1) is 0 Å². The highest BCUT2D eigenvalue weighted by Gasteiger charge is 2.14. The second-order valence-electron chi connectivity index (χ2n) is 5.56. The molecule has 1 amide bonds. The summed E-state index contributed by atoms with van der Waals surface area (Å²) in [6, 6.07) is 8.84. The Morgan fingerprint density at radius 2 is 1.96 bits per heavy atom. The molecular formula is C16H17N7O2. The van der Waals surface area contributed by atoms with E-state index < -0.39 is 0 Å². The van der Waals surface area contributed by atoms with Gasteiger partial charge in [-0.25, -0.2) is 0 Å². The van der Waals surface area contributed by atoms with Gasteiger partial charge in [0.15, 0.2) is 11.5 Å². The van der Waals surface area contributed by atoms with Crippen molar-refractivity contribution in [3.05, 3.63) is 48.1 Å². The maximum atomic E-state index is 11.8. The van der Waals surface area contributed by atoms with Gasteiger partial charge < -0.3 is 14.3 Å². The Hall–Kier alpha value is -3.36. The van der Waals surface area contributed by atoms with Crippen LogP contribution < -0.4 is 4.90 Å². The summed E-state index contributed by atoms with van der Waals surface area (Å²) >= 11 is 0. The standard InChI is InChI=1S/C16H17N7O2/c1-22(2)16(24)12-7-8-13(20-19-12)23(3)10-14-18-15(21-25-14)11-6-4-5-9-17-11/h4-9H,10H2,1-3H3. The van der Waals surface area contributed by atoms with E-state index in [1.807, 2.05) is 25.2 Å². The van der Waals surface area contributed by atoms with Gasteiger partial charge in [-0.05, 0) is 24.3 Å². The number of rotatable bonds is 5. The second-order valence-corrected chi connectivity index (χ2v) is 5.56. The number of aromatic nitrogens is 5. The molecule has 0 spiro atoms. The van der Waals surface area contributed by atoms with Crippen LogP contribution in [-0.4, -0.2) is 57.3 Å². The lowest BCUT2D eigenvalue weighted by Gasteiger charge is -2.15. The second kappa shape index (κ2) is 7.04. The molecule has 0 unspecified atom stereocenters. The molecule has 0 saturated heterocycles. The highest BCUT2D eigenvalue weighted by Crippen LogP contribution is 2.15. The minimum atomic E-state index is -0.196. The van der Waals surface area contributed by atoms with Gasteiger partial charge in [-0.2, -0.15) is 4.98 Å². The van der Waals surface area contributed by atoms with E-state index in [4.69, 9.17) is 4.52 Å². The summed E-state index contributed by atoms with van der Waals surface area (Å²) in [7, 11) is 5.15. The molecule has 9 nitrogen and oxygen atoms in total. The zero-order valence-electron chi connectivity index (χ0n) is 14.1. The van der Waals surface area contributed by atoms with Gasteiger partial charge in [-0.3, -0.25) is 9.78 Å². The van der Waals surface area contributed by atoms with Gasteiger partial charge in [0.05, 0.1) is 6.54 Å². The zero-order chi connectivity index (χ0) is 17.8. The molecule has 0 fully saturated rings. The molecule has 0 aliphatic rings.